The molecule has 3 rings (SSSR count). The fraction of sp³-hybridized carbons (Fsp3) is 0.733. The van der Waals surface area contributed by atoms with Crippen LogP contribution in [0.2, 0.25) is 0 Å². The van der Waals surface area contributed by atoms with Gasteiger partial charge in [0.15, 0.2) is 11.4 Å². The number of thiazole rings is 1. The Morgan fingerprint density at radius 2 is 2.10 bits per heavy atom. The summed E-state index contributed by atoms with van der Waals surface area (Å²) in [6, 6.07) is 0.684. The molecule has 3 heterocycles. The second-order valence-corrected chi connectivity index (χ2v) is 6.77. The van der Waals surface area contributed by atoms with Crippen molar-refractivity contribution in [3.63, 3.8) is 0 Å². The van der Waals surface area contributed by atoms with E-state index in [1.807, 2.05) is 0 Å². The third-order valence-electron chi connectivity index (χ3n) is 4.50. The highest BCUT2D eigenvalue weighted by atomic mass is 32.1. The first-order valence-corrected chi connectivity index (χ1v) is 8.57. The molecular formula is C15H23N3OS. The zero-order valence-corrected chi connectivity index (χ0v) is 13.0. The number of nitrogens with zero attached hydrogens (tertiary/aromatic N) is 3. The van der Waals surface area contributed by atoms with Crippen LogP contribution in [0.15, 0.2) is 0 Å². The van der Waals surface area contributed by atoms with Crippen LogP contribution in [0.5, 0.6) is 0 Å². The van der Waals surface area contributed by atoms with Crippen LogP contribution in [0.4, 0.5) is 5.13 Å². The Morgan fingerprint density at radius 1 is 1.30 bits per heavy atom. The SMILES string of the molecule is CCc1nc(N2CCC(N3CCCCC3)C2)sc1C=O. The average molecular weight is 293 g/mol. The van der Waals surface area contributed by atoms with Gasteiger partial charge in [-0.15, -0.1) is 0 Å². The summed E-state index contributed by atoms with van der Waals surface area (Å²) in [5.41, 5.74) is 0.960. The van der Waals surface area contributed by atoms with E-state index >= 15 is 0 Å². The molecule has 1 unspecified atom stereocenters. The molecule has 0 radical (unpaired) electrons. The lowest BCUT2D eigenvalue weighted by atomic mass is 10.1. The van der Waals surface area contributed by atoms with Crippen LogP contribution >= 0.6 is 11.3 Å². The van der Waals surface area contributed by atoms with Crippen molar-refractivity contribution in [3.8, 4) is 0 Å². The van der Waals surface area contributed by atoms with E-state index in [1.165, 1.54) is 38.8 Å². The Bertz CT molecular complexity index is 468. The third-order valence-corrected chi connectivity index (χ3v) is 5.58. The van der Waals surface area contributed by atoms with Gasteiger partial charge in [-0.05, 0) is 38.8 Å². The fourth-order valence-electron chi connectivity index (χ4n) is 3.33. The van der Waals surface area contributed by atoms with Crippen molar-refractivity contribution in [2.45, 2.75) is 45.1 Å². The number of carbonyl (C=O) groups is 1. The number of aryl methyl sites for hydroxylation is 1. The molecule has 1 aromatic heterocycles. The minimum atomic E-state index is 0.684. The first-order valence-electron chi connectivity index (χ1n) is 7.75. The predicted molar refractivity (Wildman–Crippen MR) is 82.9 cm³/mol. The quantitative estimate of drug-likeness (QED) is 0.800. The number of carbonyl (C=O) groups excluding carboxylic acids is 1. The minimum absolute atomic E-state index is 0.684. The van der Waals surface area contributed by atoms with Gasteiger partial charge < -0.3 is 4.90 Å². The van der Waals surface area contributed by atoms with Crippen LogP contribution in [-0.4, -0.2) is 48.4 Å². The molecule has 110 valence electrons. The van der Waals surface area contributed by atoms with E-state index in [-0.39, 0.29) is 0 Å². The first-order chi connectivity index (χ1) is 9.81. The topological polar surface area (TPSA) is 36.4 Å². The molecular weight excluding hydrogens is 270 g/mol. The summed E-state index contributed by atoms with van der Waals surface area (Å²) in [5.74, 6) is 0. The van der Waals surface area contributed by atoms with Crippen LogP contribution in [0.1, 0.15) is 48.0 Å². The second-order valence-electron chi connectivity index (χ2n) is 5.76. The molecule has 2 saturated heterocycles. The van der Waals surface area contributed by atoms with Gasteiger partial charge in [-0.3, -0.25) is 9.69 Å². The normalized spacial score (nSPS) is 24.2. The van der Waals surface area contributed by atoms with Crippen LogP contribution in [0.25, 0.3) is 0 Å². The Morgan fingerprint density at radius 3 is 2.75 bits per heavy atom. The lowest BCUT2D eigenvalue weighted by Crippen LogP contribution is -2.40. The van der Waals surface area contributed by atoms with E-state index < -0.39 is 0 Å². The maximum Gasteiger partial charge on any atom is 0.186 e. The van der Waals surface area contributed by atoms with Gasteiger partial charge in [0.2, 0.25) is 0 Å². The van der Waals surface area contributed by atoms with Crippen molar-refractivity contribution in [2.24, 2.45) is 0 Å². The molecule has 4 nitrogen and oxygen atoms in total. The zero-order valence-electron chi connectivity index (χ0n) is 12.2. The number of likely N-dealkylation sites (tertiary alicyclic amines) is 1. The van der Waals surface area contributed by atoms with E-state index in [9.17, 15) is 4.79 Å². The van der Waals surface area contributed by atoms with Gasteiger partial charge in [-0.2, -0.15) is 0 Å². The number of aldehydes is 1. The minimum Gasteiger partial charge on any atom is -0.346 e. The van der Waals surface area contributed by atoms with Crippen LogP contribution < -0.4 is 4.90 Å². The monoisotopic (exact) mass is 293 g/mol. The van der Waals surface area contributed by atoms with Gasteiger partial charge in [0.1, 0.15) is 0 Å². The Hall–Kier alpha value is -0.940. The molecule has 0 aliphatic carbocycles. The van der Waals surface area contributed by atoms with Crippen molar-refractivity contribution in [3.05, 3.63) is 10.6 Å². The van der Waals surface area contributed by atoms with E-state index in [0.29, 0.717) is 6.04 Å². The van der Waals surface area contributed by atoms with E-state index in [0.717, 1.165) is 41.5 Å². The maximum atomic E-state index is 11.1. The molecule has 0 amide bonds. The predicted octanol–water partition coefficient (Wildman–Crippen LogP) is 2.58. The average Bonchev–Trinajstić information content (AvgIpc) is 3.14. The second kappa shape index (κ2) is 6.22. The Labute approximate surface area is 124 Å². The number of rotatable bonds is 4. The summed E-state index contributed by atoms with van der Waals surface area (Å²) in [5, 5.41) is 1.04. The lowest BCUT2D eigenvalue weighted by Gasteiger charge is -2.32. The molecule has 0 saturated carbocycles. The summed E-state index contributed by atoms with van der Waals surface area (Å²) in [6.07, 6.45) is 7.12. The largest absolute Gasteiger partial charge is 0.346 e. The van der Waals surface area contributed by atoms with E-state index in [4.69, 9.17) is 0 Å². The highest BCUT2D eigenvalue weighted by molar-refractivity contribution is 7.17. The van der Waals surface area contributed by atoms with Crippen LogP contribution in [0.3, 0.4) is 0 Å². The fourth-order valence-corrected chi connectivity index (χ4v) is 4.33. The van der Waals surface area contributed by atoms with Gasteiger partial charge in [0, 0.05) is 19.1 Å². The molecule has 1 atom stereocenters. The van der Waals surface area contributed by atoms with Crippen LogP contribution in [-0.2, 0) is 6.42 Å². The maximum absolute atomic E-state index is 11.1. The summed E-state index contributed by atoms with van der Waals surface area (Å²) < 4.78 is 0. The van der Waals surface area contributed by atoms with Crippen molar-refractivity contribution in [1.29, 1.82) is 0 Å². The molecule has 20 heavy (non-hydrogen) atoms. The van der Waals surface area contributed by atoms with Crippen molar-refractivity contribution >= 4 is 22.8 Å². The molecule has 1 aromatic rings. The molecule has 5 heteroatoms. The van der Waals surface area contributed by atoms with Crippen molar-refractivity contribution in [1.82, 2.24) is 9.88 Å². The summed E-state index contributed by atoms with van der Waals surface area (Å²) in [4.78, 5) is 21.6. The molecule has 2 aliphatic heterocycles. The smallest absolute Gasteiger partial charge is 0.186 e. The third kappa shape index (κ3) is 2.74. The number of anilines is 1. The van der Waals surface area contributed by atoms with E-state index in [1.54, 1.807) is 11.3 Å². The Balaban J connectivity index is 1.67. The number of hydrogen-bond donors (Lipinski definition) is 0. The number of hydrogen-bond acceptors (Lipinski definition) is 5. The number of piperidine rings is 1. The van der Waals surface area contributed by atoms with Gasteiger partial charge >= 0.3 is 0 Å². The van der Waals surface area contributed by atoms with Crippen LogP contribution in [0, 0.1) is 0 Å². The van der Waals surface area contributed by atoms with Gasteiger partial charge in [-0.1, -0.05) is 24.7 Å². The molecule has 0 bridgehead atoms. The Kier molecular flexibility index (Phi) is 4.36. The molecule has 0 N–H and O–H groups in total. The standard InChI is InChI=1S/C15H23N3OS/c1-2-13-14(11-19)20-15(16-13)18-9-6-12(10-18)17-7-4-3-5-8-17/h11-12H,2-10H2,1H3. The highest BCUT2D eigenvalue weighted by Crippen LogP contribution is 2.30. The summed E-state index contributed by atoms with van der Waals surface area (Å²) in [6.45, 7) is 6.74. The van der Waals surface area contributed by atoms with Gasteiger partial charge in [0.25, 0.3) is 0 Å². The van der Waals surface area contributed by atoms with Gasteiger partial charge in [0.05, 0.1) is 10.6 Å². The lowest BCUT2D eigenvalue weighted by molar-refractivity contribution is 0.112. The summed E-state index contributed by atoms with van der Waals surface area (Å²) >= 11 is 1.56. The van der Waals surface area contributed by atoms with Gasteiger partial charge in [-0.25, -0.2) is 4.98 Å². The first kappa shape index (κ1) is 14.0. The van der Waals surface area contributed by atoms with E-state index in [2.05, 4.69) is 21.7 Å². The molecule has 0 spiro atoms. The van der Waals surface area contributed by atoms with Crippen molar-refractivity contribution in [2.75, 3.05) is 31.1 Å². The summed E-state index contributed by atoms with van der Waals surface area (Å²) in [7, 11) is 0. The molecule has 2 aliphatic rings. The molecule has 0 aromatic carbocycles. The zero-order chi connectivity index (χ0) is 13.9. The van der Waals surface area contributed by atoms with Crippen molar-refractivity contribution < 1.29 is 4.79 Å². The molecule has 2 fully saturated rings. The number of aromatic nitrogens is 1. The highest BCUT2D eigenvalue weighted by Gasteiger charge is 2.30.